The minimum Gasteiger partial charge on any atom is -0.278 e. The van der Waals surface area contributed by atoms with Crippen molar-refractivity contribution in [1.82, 2.24) is 39.0 Å². The fourth-order valence-corrected chi connectivity index (χ4v) is 7.50. The summed E-state index contributed by atoms with van der Waals surface area (Å²) < 4.78 is 4.20. The minimum absolute atomic E-state index is 0.517. The van der Waals surface area contributed by atoms with Gasteiger partial charge in [-0.05, 0) is 60.7 Å². The van der Waals surface area contributed by atoms with E-state index in [1.165, 1.54) is 0 Å². The summed E-state index contributed by atoms with van der Waals surface area (Å²) in [6.45, 7) is 0. The number of nitrogens with zero attached hydrogens (tertiary/aromatic N) is 8. The van der Waals surface area contributed by atoms with Crippen LogP contribution in [-0.4, -0.2) is 39.0 Å². The Labute approximate surface area is 284 Å². The molecule has 11 aromatic rings. The van der Waals surface area contributed by atoms with Crippen molar-refractivity contribution in [1.29, 1.82) is 0 Å². The van der Waals surface area contributed by atoms with E-state index in [0.29, 0.717) is 5.95 Å². The van der Waals surface area contributed by atoms with E-state index in [1.54, 1.807) is 0 Å². The molecule has 0 fully saturated rings. The normalized spacial score (nSPS) is 12.0. The second-order valence-corrected chi connectivity index (χ2v) is 12.4. The van der Waals surface area contributed by atoms with Gasteiger partial charge in [-0.25, -0.2) is 24.9 Å². The van der Waals surface area contributed by atoms with Gasteiger partial charge in [0.05, 0.1) is 27.8 Å². The Bertz CT molecular complexity index is 3060. The molecule has 0 aliphatic rings. The lowest BCUT2D eigenvalue weighted by Gasteiger charge is -2.14. The summed E-state index contributed by atoms with van der Waals surface area (Å²) in [4.78, 5) is 30.6. The Balaban J connectivity index is 1.28. The topological polar surface area (TPSA) is 87.2 Å². The highest BCUT2D eigenvalue weighted by Gasteiger charge is 2.21. The predicted molar refractivity (Wildman–Crippen MR) is 200 cm³/mol. The number of fused-ring (bicyclic) bond motifs is 10. The highest BCUT2D eigenvalue weighted by molar-refractivity contribution is 6.12. The Morgan fingerprint density at radius 1 is 0.380 bits per heavy atom. The predicted octanol–water partition coefficient (Wildman–Crippen LogP) is 9.38. The fourth-order valence-electron chi connectivity index (χ4n) is 7.50. The molecule has 4 aromatic carbocycles. The van der Waals surface area contributed by atoms with Crippen LogP contribution in [0.1, 0.15) is 0 Å². The fraction of sp³-hybridized carbons (Fsp3) is 0. The van der Waals surface area contributed by atoms with Crippen molar-refractivity contribution >= 4 is 76.6 Å². The van der Waals surface area contributed by atoms with E-state index >= 15 is 0 Å². The maximum Gasteiger partial charge on any atom is 0.237 e. The van der Waals surface area contributed by atoms with Crippen LogP contribution in [0.25, 0.3) is 99.6 Å². The molecular weight excluding hydrogens is 617 g/mol. The van der Waals surface area contributed by atoms with Crippen LogP contribution in [0.3, 0.4) is 0 Å². The molecule has 50 heavy (non-hydrogen) atoms. The summed E-state index contributed by atoms with van der Waals surface area (Å²) in [7, 11) is 0. The van der Waals surface area contributed by atoms with Crippen LogP contribution in [0.5, 0.6) is 0 Å². The minimum atomic E-state index is 0.517. The second kappa shape index (κ2) is 10.2. The summed E-state index contributed by atoms with van der Waals surface area (Å²) in [6, 6.07) is 43.5. The highest BCUT2D eigenvalue weighted by atomic mass is 15.2. The zero-order valence-corrected chi connectivity index (χ0v) is 26.4. The lowest BCUT2D eigenvalue weighted by molar-refractivity contribution is 0.998. The van der Waals surface area contributed by atoms with Crippen molar-refractivity contribution in [3.05, 3.63) is 146 Å². The van der Waals surface area contributed by atoms with Crippen LogP contribution < -0.4 is 0 Å². The summed E-state index contributed by atoms with van der Waals surface area (Å²) >= 11 is 0. The van der Waals surface area contributed by atoms with Crippen LogP contribution in [0.2, 0.25) is 0 Å². The van der Waals surface area contributed by atoms with Gasteiger partial charge in [0.15, 0.2) is 0 Å². The van der Waals surface area contributed by atoms with Gasteiger partial charge in [0.2, 0.25) is 5.95 Å². The SMILES string of the molecule is c1cnc2c(-c3nc(-n4c5ccccc5c5cccnc54)nc4c3ccc3ccc(-n5c6ccccc6c6cccnc65)nc34)cccc2c1. The van der Waals surface area contributed by atoms with E-state index in [0.717, 1.165) is 93.7 Å². The van der Waals surface area contributed by atoms with Crippen LogP contribution in [-0.2, 0) is 0 Å². The van der Waals surface area contributed by atoms with Gasteiger partial charge in [-0.3, -0.25) is 14.1 Å². The average Bonchev–Trinajstić information content (AvgIpc) is 3.70. The van der Waals surface area contributed by atoms with Crippen molar-refractivity contribution in [3.63, 3.8) is 0 Å². The Kier molecular flexibility index (Phi) is 5.51. The van der Waals surface area contributed by atoms with Gasteiger partial charge < -0.3 is 0 Å². The molecule has 8 heteroatoms. The largest absolute Gasteiger partial charge is 0.278 e. The van der Waals surface area contributed by atoms with Crippen LogP contribution in [0, 0.1) is 0 Å². The van der Waals surface area contributed by atoms with Crippen molar-refractivity contribution in [2.24, 2.45) is 0 Å². The standard InChI is InChI=1S/C42H24N8/c1-3-16-33-27(11-1)29-14-7-23-44-40(29)49(33)35-21-19-26-18-20-32-38(31-13-5-9-25-10-6-22-43-36(25)31)47-42(48-39(32)37(26)46-35)50-34-17-4-2-12-28(34)30-15-8-24-45-41(30)50/h1-24H. The van der Waals surface area contributed by atoms with Gasteiger partial charge >= 0.3 is 0 Å². The molecular formula is C42H24N8. The van der Waals surface area contributed by atoms with E-state index < -0.39 is 0 Å². The van der Waals surface area contributed by atoms with E-state index in [1.807, 2.05) is 42.9 Å². The molecule has 0 atom stereocenters. The van der Waals surface area contributed by atoms with Gasteiger partial charge in [-0.15, -0.1) is 0 Å². The molecule has 232 valence electrons. The second-order valence-electron chi connectivity index (χ2n) is 12.4. The zero-order chi connectivity index (χ0) is 32.8. The van der Waals surface area contributed by atoms with Crippen molar-refractivity contribution in [2.75, 3.05) is 0 Å². The van der Waals surface area contributed by atoms with E-state index in [-0.39, 0.29) is 0 Å². The quantitative estimate of drug-likeness (QED) is 0.179. The molecule has 8 nitrogen and oxygen atoms in total. The van der Waals surface area contributed by atoms with Gasteiger partial charge in [-0.2, -0.15) is 0 Å². The molecule has 0 saturated heterocycles. The first kappa shape index (κ1) is 26.9. The highest BCUT2D eigenvalue weighted by Crippen LogP contribution is 2.37. The lowest BCUT2D eigenvalue weighted by Crippen LogP contribution is -2.05. The molecule has 0 radical (unpaired) electrons. The molecule has 0 amide bonds. The molecule has 0 unspecified atom stereocenters. The lowest BCUT2D eigenvalue weighted by atomic mass is 10.0. The Morgan fingerprint density at radius 3 is 1.80 bits per heavy atom. The summed E-state index contributed by atoms with van der Waals surface area (Å²) in [5.74, 6) is 1.28. The maximum atomic E-state index is 5.38. The third-order valence-electron chi connectivity index (χ3n) is 9.68. The molecule has 0 aliphatic heterocycles. The monoisotopic (exact) mass is 640 g/mol. The molecule has 11 rings (SSSR count). The molecule has 7 aromatic heterocycles. The average molecular weight is 641 g/mol. The summed E-state index contributed by atoms with van der Waals surface area (Å²) in [5.41, 5.74) is 7.77. The summed E-state index contributed by atoms with van der Waals surface area (Å²) in [5, 5.41) is 7.24. The Hall–Kier alpha value is -7.06. The van der Waals surface area contributed by atoms with Gasteiger partial charge in [-0.1, -0.05) is 66.7 Å². The number of hydrogen-bond acceptors (Lipinski definition) is 6. The molecule has 0 bridgehead atoms. The first-order valence-electron chi connectivity index (χ1n) is 16.5. The number of benzene rings is 4. The first-order chi connectivity index (χ1) is 24.8. The van der Waals surface area contributed by atoms with Gasteiger partial charge in [0, 0.05) is 61.9 Å². The van der Waals surface area contributed by atoms with Crippen LogP contribution >= 0.6 is 0 Å². The van der Waals surface area contributed by atoms with E-state index in [4.69, 9.17) is 29.9 Å². The van der Waals surface area contributed by atoms with Gasteiger partial charge in [0.25, 0.3) is 0 Å². The van der Waals surface area contributed by atoms with Crippen molar-refractivity contribution in [3.8, 4) is 23.0 Å². The molecule has 7 heterocycles. The summed E-state index contributed by atoms with van der Waals surface area (Å²) in [6.07, 6.45) is 5.48. The maximum absolute atomic E-state index is 5.38. The number of para-hydroxylation sites is 3. The molecule has 0 saturated carbocycles. The van der Waals surface area contributed by atoms with E-state index in [9.17, 15) is 0 Å². The van der Waals surface area contributed by atoms with E-state index in [2.05, 4.69) is 112 Å². The Morgan fingerprint density at radius 2 is 1.00 bits per heavy atom. The van der Waals surface area contributed by atoms with Crippen molar-refractivity contribution < 1.29 is 0 Å². The third kappa shape index (κ3) is 3.75. The van der Waals surface area contributed by atoms with Gasteiger partial charge in [0.1, 0.15) is 22.6 Å². The molecule has 0 N–H and O–H groups in total. The zero-order valence-electron chi connectivity index (χ0n) is 26.4. The third-order valence-corrected chi connectivity index (χ3v) is 9.68. The van der Waals surface area contributed by atoms with Crippen LogP contribution in [0.4, 0.5) is 0 Å². The first-order valence-corrected chi connectivity index (χ1v) is 16.5. The number of rotatable bonds is 3. The van der Waals surface area contributed by atoms with Crippen LogP contribution in [0.15, 0.2) is 146 Å². The molecule has 0 spiro atoms. The number of aromatic nitrogens is 8. The number of hydrogen-bond donors (Lipinski definition) is 0. The number of pyridine rings is 4. The molecule has 0 aliphatic carbocycles. The smallest absolute Gasteiger partial charge is 0.237 e. The van der Waals surface area contributed by atoms with Crippen molar-refractivity contribution in [2.45, 2.75) is 0 Å².